The normalized spacial score (nSPS) is 14.8. The molecule has 0 atom stereocenters. The van der Waals surface area contributed by atoms with Gasteiger partial charge in [0.2, 0.25) is 0 Å². The molecule has 0 spiro atoms. The molecule has 1 saturated carbocycles. The first kappa shape index (κ1) is 19.4. The molecule has 0 aliphatic heterocycles. The van der Waals surface area contributed by atoms with E-state index in [1.807, 2.05) is 0 Å². The summed E-state index contributed by atoms with van der Waals surface area (Å²) < 4.78 is 21.7. The lowest BCUT2D eigenvalue weighted by atomic mass is 9.98. The third kappa shape index (κ3) is 5.53. The Bertz CT molecular complexity index is 555. The Labute approximate surface area is 149 Å². The van der Waals surface area contributed by atoms with Crippen molar-refractivity contribution in [3.63, 3.8) is 0 Å². The monoisotopic (exact) mass is 351 g/mol. The van der Waals surface area contributed by atoms with E-state index in [1.54, 1.807) is 19.2 Å². The van der Waals surface area contributed by atoms with Crippen molar-refractivity contribution >= 4 is 5.91 Å². The molecule has 1 N–H and O–H groups in total. The number of nitrogens with one attached hydrogen (secondary N) is 1. The van der Waals surface area contributed by atoms with Crippen LogP contribution in [0.3, 0.4) is 0 Å². The Kier molecular flexibility index (Phi) is 7.85. The number of rotatable bonds is 9. The molecule has 6 nitrogen and oxygen atoms in total. The fourth-order valence-electron chi connectivity index (χ4n) is 3.06. The lowest BCUT2D eigenvalue weighted by Crippen LogP contribution is -2.26. The molecule has 0 heterocycles. The molecule has 25 heavy (non-hydrogen) atoms. The van der Waals surface area contributed by atoms with Crippen molar-refractivity contribution in [1.82, 2.24) is 5.32 Å². The number of amides is 1. The summed E-state index contributed by atoms with van der Waals surface area (Å²) in [6.07, 6.45) is 7.36. The molecule has 0 bridgehead atoms. The summed E-state index contributed by atoms with van der Waals surface area (Å²) >= 11 is 0. The Morgan fingerprint density at radius 1 is 1.00 bits per heavy atom. The van der Waals surface area contributed by atoms with Crippen LogP contribution in [-0.4, -0.2) is 46.5 Å². The largest absolute Gasteiger partial charge is 0.496 e. The highest BCUT2D eigenvalue weighted by Gasteiger charge is 2.17. The van der Waals surface area contributed by atoms with E-state index in [2.05, 4.69) is 5.32 Å². The van der Waals surface area contributed by atoms with E-state index in [9.17, 15) is 4.79 Å². The number of benzene rings is 1. The van der Waals surface area contributed by atoms with Crippen LogP contribution in [0.15, 0.2) is 12.1 Å². The van der Waals surface area contributed by atoms with E-state index in [0.717, 1.165) is 19.3 Å². The van der Waals surface area contributed by atoms with Crippen LogP contribution >= 0.6 is 0 Å². The van der Waals surface area contributed by atoms with Crippen molar-refractivity contribution in [3.8, 4) is 17.2 Å². The quantitative estimate of drug-likeness (QED) is 0.692. The highest BCUT2D eigenvalue weighted by atomic mass is 16.5. The first-order chi connectivity index (χ1) is 12.2. The van der Waals surface area contributed by atoms with Gasteiger partial charge in [0.1, 0.15) is 5.75 Å². The fourth-order valence-corrected chi connectivity index (χ4v) is 3.06. The number of methoxy groups -OCH3 is 3. The van der Waals surface area contributed by atoms with Gasteiger partial charge >= 0.3 is 0 Å². The number of hydrogen-bond donors (Lipinski definition) is 1. The Hall–Kier alpha value is -1.95. The highest BCUT2D eigenvalue weighted by molar-refractivity contribution is 5.97. The first-order valence-corrected chi connectivity index (χ1v) is 8.89. The Morgan fingerprint density at radius 3 is 2.28 bits per heavy atom. The van der Waals surface area contributed by atoms with E-state index < -0.39 is 0 Å². The molecule has 6 heteroatoms. The fraction of sp³-hybridized carbons (Fsp3) is 0.632. The summed E-state index contributed by atoms with van der Waals surface area (Å²) in [5.74, 6) is 1.27. The van der Waals surface area contributed by atoms with Crippen LogP contribution in [0, 0.1) is 0 Å². The minimum Gasteiger partial charge on any atom is -0.496 e. The molecule has 0 saturated heterocycles. The van der Waals surface area contributed by atoms with E-state index in [-0.39, 0.29) is 5.91 Å². The van der Waals surface area contributed by atoms with Gasteiger partial charge in [0.25, 0.3) is 5.91 Å². The van der Waals surface area contributed by atoms with Crippen molar-refractivity contribution in [3.05, 3.63) is 17.7 Å². The molecular weight excluding hydrogens is 322 g/mol. The van der Waals surface area contributed by atoms with Crippen molar-refractivity contribution in [2.24, 2.45) is 0 Å². The molecule has 140 valence electrons. The summed E-state index contributed by atoms with van der Waals surface area (Å²) in [6.45, 7) is 1.23. The zero-order chi connectivity index (χ0) is 18.1. The van der Waals surface area contributed by atoms with Gasteiger partial charge in [-0.15, -0.1) is 0 Å². The van der Waals surface area contributed by atoms with E-state index in [0.29, 0.717) is 42.1 Å². The number of carbonyl (C=O) groups is 1. The second-order valence-corrected chi connectivity index (χ2v) is 6.15. The van der Waals surface area contributed by atoms with Crippen molar-refractivity contribution in [2.45, 2.75) is 44.6 Å². The smallest absolute Gasteiger partial charge is 0.255 e. The van der Waals surface area contributed by atoms with Crippen LogP contribution in [-0.2, 0) is 4.74 Å². The minimum absolute atomic E-state index is 0.199. The van der Waals surface area contributed by atoms with E-state index in [4.69, 9.17) is 18.9 Å². The van der Waals surface area contributed by atoms with Gasteiger partial charge in [0, 0.05) is 25.3 Å². The van der Waals surface area contributed by atoms with Gasteiger partial charge in [-0.1, -0.05) is 19.3 Å². The molecule has 0 aromatic heterocycles. The summed E-state index contributed by atoms with van der Waals surface area (Å²) in [4.78, 5) is 12.4. The third-order valence-electron chi connectivity index (χ3n) is 4.46. The number of ether oxygens (including phenoxy) is 4. The summed E-state index contributed by atoms with van der Waals surface area (Å²) in [5, 5.41) is 2.90. The standard InChI is InChI=1S/C19H29NO5/c1-22-16-13-18(24-3)17(23-2)12-15(16)19(21)20-10-7-11-25-14-8-5-4-6-9-14/h12-14H,4-11H2,1-3H3,(H,20,21). The highest BCUT2D eigenvalue weighted by Crippen LogP contribution is 2.34. The molecule has 1 aliphatic rings. The van der Waals surface area contributed by atoms with Crippen LogP contribution in [0.5, 0.6) is 17.2 Å². The first-order valence-electron chi connectivity index (χ1n) is 8.89. The SMILES string of the molecule is COc1cc(OC)c(C(=O)NCCCOC2CCCCC2)cc1OC. The molecular formula is C19H29NO5. The van der Waals surface area contributed by atoms with Gasteiger partial charge in [-0.3, -0.25) is 4.79 Å². The van der Waals surface area contributed by atoms with Gasteiger partial charge in [0.15, 0.2) is 11.5 Å². The Morgan fingerprint density at radius 2 is 1.64 bits per heavy atom. The second-order valence-electron chi connectivity index (χ2n) is 6.15. The predicted octanol–water partition coefficient (Wildman–Crippen LogP) is 3.18. The molecule has 0 radical (unpaired) electrons. The molecule has 1 fully saturated rings. The van der Waals surface area contributed by atoms with Crippen molar-refractivity contribution in [2.75, 3.05) is 34.5 Å². The maximum Gasteiger partial charge on any atom is 0.255 e. The maximum absolute atomic E-state index is 12.4. The average molecular weight is 351 g/mol. The van der Waals surface area contributed by atoms with Crippen LogP contribution in [0.2, 0.25) is 0 Å². The molecule has 1 amide bonds. The molecule has 2 rings (SSSR count). The van der Waals surface area contributed by atoms with Crippen LogP contribution < -0.4 is 19.5 Å². The summed E-state index contributed by atoms with van der Waals surface area (Å²) in [5.41, 5.74) is 0.424. The maximum atomic E-state index is 12.4. The van der Waals surface area contributed by atoms with Crippen LogP contribution in [0.1, 0.15) is 48.9 Å². The van der Waals surface area contributed by atoms with E-state index >= 15 is 0 Å². The number of hydrogen-bond acceptors (Lipinski definition) is 5. The topological polar surface area (TPSA) is 66.0 Å². The molecule has 1 aromatic rings. The number of carbonyl (C=O) groups excluding carboxylic acids is 1. The molecule has 1 aromatic carbocycles. The molecule has 1 aliphatic carbocycles. The summed E-state index contributed by atoms with van der Waals surface area (Å²) in [6, 6.07) is 3.28. The second kappa shape index (κ2) is 10.1. The third-order valence-corrected chi connectivity index (χ3v) is 4.46. The Balaban J connectivity index is 1.83. The minimum atomic E-state index is -0.199. The lowest BCUT2D eigenvalue weighted by Gasteiger charge is -2.22. The van der Waals surface area contributed by atoms with Crippen molar-refractivity contribution in [1.29, 1.82) is 0 Å². The van der Waals surface area contributed by atoms with Gasteiger partial charge in [-0.25, -0.2) is 0 Å². The lowest BCUT2D eigenvalue weighted by molar-refractivity contribution is 0.0273. The van der Waals surface area contributed by atoms with Crippen LogP contribution in [0.4, 0.5) is 0 Å². The zero-order valence-corrected chi connectivity index (χ0v) is 15.4. The average Bonchev–Trinajstić information content (AvgIpc) is 2.67. The predicted molar refractivity (Wildman–Crippen MR) is 95.9 cm³/mol. The van der Waals surface area contributed by atoms with Crippen LogP contribution in [0.25, 0.3) is 0 Å². The molecule has 0 unspecified atom stereocenters. The van der Waals surface area contributed by atoms with E-state index in [1.165, 1.54) is 33.5 Å². The van der Waals surface area contributed by atoms with Gasteiger partial charge in [-0.05, 0) is 19.3 Å². The summed E-state index contributed by atoms with van der Waals surface area (Å²) in [7, 11) is 4.61. The van der Waals surface area contributed by atoms with Gasteiger partial charge in [-0.2, -0.15) is 0 Å². The van der Waals surface area contributed by atoms with Gasteiger partial charge < -0.3 is 24.3 Å². The van der Waals surface area contributed by atoms with Crippen molar-refractivity contribution < 1.29 is 23.7 Å². The zero-order valence-electron chi connectivity index (χ0n) is 15.4. The van der Waals surface area contributed by atoms with Gasteiger partial charge in [0.05, 0.1) is 33.0 Å².